The van der Waals surface area contributed by atoms with E-state index in [1.165, 1.54) is 11.8 Å². The molecule has 350 valence electrons. The van der Waals surface area contributed by atoms with Crippen molar-refractivity contribution in [3.63, 3.8) is 0 Å². The van der Waals surface area contributed by atoms with Gasteiger partial charge in [-0.3, -0.25) is 4.68 Å². The first-order chi connectivity index (χ1) is 31.4. The summed E-state index contributed by atoms with van der Waals surface area (Å²) in [4.78, 5) is 38.9. The lowest BCUT2D eigenvalue weighted by molar-refractivity contribution is -0.142. The molecule has 0 aliphatic carbocycles. The molecule has 9 rings (SSSR count). The minimum Gasteiger partial charge on any atom is -0.477 e. The maximum absolute atomic E-state index is 12.6. The lowest BCUT2D eigenvalue weighted by atomic mass is 10.1. The van der Waals surface area contributed by atoms with Crippen LogP contribution in [0.4, 0.5) is 24.8 Å². The minimum atomic E-state index is -4.62. The quantitative estimate of drug-likeness (QED) is 0.115. The first-order valence-electron chi connectivity index (χ1n) is 20.4. The van der Waals surface area contributed by atoms with Crippen LogP contribution in [0, 0.1) is 13.8 Å². The molecule has 0 spiro atoms. The maximum atomic E-state index is 12.6. The third-order valence-corrected chi connectivity index (χ3v) is 11.8. The normalized spacial score (nSPS) is 13.3. The van der Waals surface area contributed by atoms with Gasteiger partial charge in [0.15, 0.2) is 5.69 Å². The number of halogens is 7. The average Bonchev–Trinajstić information content (AvgIpc) is 4.15. The summed E-state index contributed by atoms with van der Waals surface area (Å²) in [5.41, 5.74) is 4.20. The Balaban J connectivity index is 0.000000151. The van der Waals surface area contributed by atoms with Gasteiger partial charge in [-0.15, -0.1) is 11.6 Å². The van der Waals surface area contributed by atoms with Gasteiger partial charge in [-0.05, 0) is 79.8 Å². The predicted molar refractivity (Wildman–Crippen MR) is 245 cm³/mol. The van der Waals surface area contributed by atoms with Crippen molar-refractivity contribution in [1.82, 2.24) is 29.3 Å². The number of anilines is 2. The van der Waals surface area contributed by atoms with E-state index in [4.69, 9.17) is 51.1 Å². The molecular formula is C45H45Cl4F3N8O6. The molecule has 0 atom stereocenters. The molecule has 14 nitrogen and oxygen atoms in total. The van der Waals surface area contributed by atoms with Crippen molar-refractivity contribution >= 4 is 75.9 Å². The number of carbonyl (C=O) groups is 3. The number of aromatic nitrogens is 6. The number of methoxy groups -OCH3 is 2. The topological polar surface area (TPSA) is 150 Å². The molecule has 66 heavy (non-hydrogen) atoms. The molecule has 0 saturated heterocycles. The number of carboxylic acid groups (broad SMARTS) is 1. The molecule has 6 aromatic rings. The van der Waals surface area contributed by atoms with E-state index in [2.05, 4.69) is 24.9 Å². The van der Waals surface area contributed by atoms with Crippen LogP contribution in [0.5, 0.6) is 0 Å². The van der Waals surface area contributed by atoms with Gasteiger partial charge in [-0.25, -0.2) is 23.7 Å². The zero-order valence-electron chi connectivity index (χ0n) is 36.2. The van der Waals surface area contributed by atoms with Gasteiger partial charge in [0.05, 0.1) is 44.4 Å². The first-order valence-corrected chi connectivity index (χ1v) is 22.1. The van der Waals surface area contributed by atoms with Crippen LogP contribution in [0.3, 0.4) is 0 Å². The molecule has 21 heteroatoms. The Morgan fingerprint density at radius 2 is 1.05 bits per heavy atom. The molecule has 3 aromatic carbocycles. The highest BCUT2D eigenvalue weighted by Crippen LogP contribution is 2.35. The molecule has 0 bridgehead atoms. The Bertz CT molecular complexity index is 2670. The summed E-state index contributed by atoms with van der Waals surface area (Å²) in [6, 6.07) is 22.8. The van der Waals surface area contributed by atoms with Gasteiger partial charge in [0.25, 0.3) is 0 Å². The number of benzene rings is 3. The Kier molecular flexibility index (Phi) is 16.3. The molecule has 0 amide bonds. The van der Waals surface area contributed by atoms with E-state index >= 15 is 0 Å². The second-order valence-corrected chi connectivity index (χ2v) is 16.7. The number of aryl methyl sites for hydroxylation is 3. The van der Waals surface area contributed by atoms with E-state index in [0.717, 1.165) is 65.8 Å². The summed E-state index contributed by atoms with van der Waals surface area (Å²) in [6.45, 7) is 8.44. The molecule has 3 aliphatic rings. The molecule has 3 aliphatic heterocycles. The van der Waals surface area contributed by atoms with Crippen LogP contribution in [0.1, 0.15) is 77.0 Å². The van der Waals surface area contributed by atoms with Crippen LogP contribution < -0.4 is 9.80 Å². The van der Waals surface area contributed by atoms with Gasteiger partial charge in [0.2, 0.25) is 0 Å². The van der Waals surface area contributed by atoms with Crippen molar-refractivity contribution in [2.45, 2.75) is 71.5 Å². The summed E-state index contributed by atoms with van der Waals surface area (Å²) >= 11 is 22.9. The summed E-state index contributed by atoms with van der Waals surface area (Å²) < 4.78 is 52.0. The number of esters is 2. The number of aromatic carboxylic acids is 1. The molecule has 6 heterocycles. The number of hydrogen-bond acceptors (Lipinski definition) is 10. The summed E-state index contributed by atoms with van der Waals surface area (Å²) in [5.74, 6) is -0.143. The highest BCUT2D eigenvalue weighted by atomic mass is 35.5. The Morgan fingerprint density at radius 3 is 1.47 bits per heavy atom. The van der Waals surface area contributed by atoms with Gasteiger partial charge in [0, 0.05) is 53.7 Å². The monoisotopic (exact) mass is 990 g/mol. The first kappa shape index (κ1) is 49.7. The number of fused-ring (bicyclic) bond motifs is 3. The van der Waals surface area contributed by atoms with Crippen LogP contribution in [-0.2, 0) is 60.7 Å². The maximum Gasteiger partial charge on any atom is 0.436 e. The van der Waals surface area contributed by atoms with E-state index in [1.807, 2.05) is 89.3 Å². The number of rotatable bonds is 8. The van der Waals surface area contributed by atoms with Gasteiger partial charge < -0.3 is 24.4 Å². The van der Waals surface area contributed by atoms with Gasteiger partial charge in [-0.2, -0.15) is 28.5 Å². The Morgan fingerprint density at radius 1 is 0.621 bits per heavy atom. The van der Waals surface area contributed by atoms with E-state index < -0.39 is 29.4 Å². The summed E-state index contributed by atoms with van der Waals surface area (Å²) in [5, 5.41) is 23.6. The second-order valence-electron chi connectivity index (χ2n) is 15.2. The molecule has 0 radical (unpaired) electrons. The van der Waals surface area contributed by atoms with Gasteiger partial charge >= 0.3 is 24.1 Å². The van der Waals surface area contributed by atoms with Crippen molar-refractivity contribution in [2.24, 2.45) is 0 Å². The lowest BCUT2D eigenvalue weighted by Crippen LogP contribution is -2.22. The average molecular weight is 993 g/mol. The van der Waals surface area contributed by atoms with E-state index in [1.54, 1.807) is 11.6 Å². The standard InChI is InChI=1S/C15H16ClN3O2.C14H14ClN3O2.C9H9F3N2O2.C7H6Cl2/c1-10-13(15(20)21-2)14-18(7-8-19(14)17-10)9-11-3-5-12(16)6-4-11;1-9-12(14(19)20)13-17(6-7-18(13)16-9)8-10-2-4-11(15)5-3-10;1-16-8(15)6-5-3-2-4-14(5)13-7(6)9(10,11)12;8-5-6-1-3-7(9)4-2-6/h3-6H,7-9H2,1-2H3;2-5H,6-8H2,1H3,(H,19,20);2-4H2,1H3;1-4H,5H2. The van der Waals surface area contributed by atoms with Crippen LogP contribution in [0.15, 0.2) is 72.8 Å². The van der Waals surface area contributed by atoms with Crippen LogP contribution in [0.25, 0.3) is 0 Å². The number of hydrogen-bond donors (Lipinski definition) is 1. The van der Waals surface area contributed by atoms with E-state index in [9.17, 15) is 32.7 Å². The predicted octanol–water partition coefficient (Wildman–Crippen LogP) is 9.93. The van der Waals surface area contributed by atoms with E-state index in [-0.39, 0.29) is 5.97 Å². The number of alkyl halides is 4. The smallest absolute Gasteiger partial charge is 0.436 e. The second kappa shape index (κ2) is 21.7. The van der Waals surface area contributed by atoms with Crippen LogP contribution in [-0.4, -0.2) is 79.7 Å². The number of carboxylic acids is 1. The fraction of sp³-hybridized carbons (Fsp3) is 0.333. The van der Waals surface area contributed by atoms with Crippen molar-refractivity contribution < 1.29 is 42.1 Å². The van der Waals surface area contributed by atoms with E-state index in [0.29, 0.717) is 77.4 Å². The zero-order valence-corrected chi connectivity index (χ0v) is 39.2. The SMILES string of the molecule is COC(=O)c1c(C(F)(F)F)nn2c1CCC2.COC(=O)c1c(C)nn2c1N(Cc1ccc(Cl)cc1)CC2.Cc1nn2c(c1C(=O)O)N(Cc1ccc(Cl)cc1)CC2.ClCc1ccc(Cl)cc1. The fourth-order valence-corrected chi connectivity index (χ4v) is 8.23. The van der Waals surface area contributed by atoms with Crippen molar-refractivity contribution in [2.75, 3.05) is 37.1 Å². The largest absolute Gasteiger partial charge is 0.477 e. The summed E-state index contributed by atoms with van der Waals surface area (Å²) in [7, 11) is 2.45. The lowest BCUT2D eigenvalue weighted by Gasteiger charge is -2.18. The van der Waals surface area contributed by atoms with Crippen molar-refractivity contribution in [3.05, 3.63) is 144 Å². The fourth-order valence-electron chi connectivity index (χ4n) is 7.68. The molecular weight excluding hydrogens is 947 g/mol. The van der Waals surface area contributed by atoms with Crippen molar-refractivity contribution in [1.29, 1.82) is 0 Å². The van der Waals surface area contributed by atoms with Crippen LogP contribution in [0.2, 0.25) is 15.1 Å². The Labute approximate surface area is 398 Å². The molecule has 3 aromatic heterocycles. The number of ether oxygens (including phenoxy) is 2. The minimum absolute atomic E-state index is 0.302. The summed E-state index contributed by atoms with van der Waals surface area (Å²) in [6.07, 6.45) is -3.50. The molecule has 0 unspecified atom stereocenters. The van der Waals surface area contributed by atoms with Gasteiger partial charge in [0.1, 0.15) is 28.3 Å². The zero-order chi connectivity index (χ0) is 47.9. The number of nitrogens with zero attached hydrogens (tertiary/aromatic N) is 8. The Hall–Kier alpha value is -5.75. The highest BCUT2D eigenvalue weighted by molar-refractivity contribution is 6.31. The molecule has 1 N–H and O–H groups in total. The third kappa shape index (κ3) is 11.6. The van der Waals surface area contributed by atoms with Crippen LogP contribution >= 0.6 is 46.4 Å². The number of carbonyl (C=O) groups excluding carboxylic acids is 2. The highest BCUT2D eigenvalue weighted by Gasteiger charge is 2.42. The van der Waals surface area contributed by atoms with Crippen molar-refractivity contribution in [3.8, 4) is 0 Å². The molecule has 0 fully saturated rings. The third-order valence-electron chi connectivity index (χ3n) is 10.7. The molecule has 0 saturated carbocycles. The van der Waals surface area contributed by atoms with Gasteiger partial charge in [-0.1, -0.05) is 71.2 Å².